The number of nitrogens with zero attached hydrogens (tertiary/aromatic N) is 2. The predicted molar refractivity (Wildman–Crippen MR) is 91.5 cm³/mol. The number of carbonyl (C=O) groups excluding carboxylic acids is 1. The second-order valence-electron chi connectivity index (χ2n) is 5.68. The van der Waals surface area contributed by atoms with Crippen molar-refractivity contribution < 1.29 is 14.7 Å². The molecule has 1 aromatic heterocycles. The summed E-state index contributed by atoms with van der Waals surface area (Å²) in [6.07, 6.45) is 1.32. The lowest BCUT2D eigenvalue weighted by atomic mass is 10.1. The van der Waals surface area contributed by atoms with Crippen LogP contribution in [0.3, 0.4) is 0 Å². The average Bonchev–Trinajstić information content (AvgIpc) is 2.94. The van der Waals surface area contributed by atoms with E-state index in [0.29, 0.717) is 30.3 Å². The molecule has 2 rings (SSSR count). The topological polar surface area (TPSA) is 70.5 Å². The highest BCUT2D eigenvalue weighted by Gasteiger charge is 2.33. The lowest BCUT2D eigenvalue weighted by Gasteiger charge is -2.15. The Balaban J connectivity index is 0.00000220. The van der Waals surface area contributed by atoms with Gasteiger partial charge >= 0.3 is 5.97 Å². The maximum absolute atomic E-state index is 12.5. The fraction of sp³-hybridized carbons (Fsp3) is 0.643. The van der Waals surface area contributed by atoms with Crippen LogP contribution in [0.1, 0.15) is 40.6 Å². The molecule has 2 heterocycles. The number of aromatic nitrogens is 1. The van der Waals surface area contributed by atoms with Crippen molar-refractivity contribution in [3.8, 4) is 0 Å². The monoisotopic (exact) mass is 368 g/mol. The molecule has 1 amide bonds. The molecule has 1 fully saturated rings. The van der Waals surface area contributed by atoms with E-state index in [0.717, 1.165) is 17.1 Å². The predicted octanol–water partition coefficient (Wildman–Crippen LogP) is 3.04. The molecule has 8 heteroatoms. The Morgan fingerprint density at radius 3 is 2.55 bits per heavy atom. The molecule has 0 radical (unpaired) electrons. The molecular formula is C14H22Cl2N2O3S. The van der Waals surface area contributed by atoms with Crippen LogP contribution in [0.4, 0.5) is 0 Å². The Morgan fingerprint density at radius 1 is 1.41 bits per heavy atom. The van der Waals surface area contributed by atoms with Gasteiger partial charge in [0.2, 0.25) is 0 Å². The highest BCUT2D eigenvalue weighted by molar-refractivity contribution is 7.13. The molecule has 0 aromatic carbocycles. The first-order chi connectivity index (χ1) is 9.38. The van der Waals surface area contributed by atoms with Crippen molar-refractivity contribution in [1.82, 2.24) is 9.88 Å². The van der Waals surface area contributed by atoms with E-state index in [2.05, 4.69) is 18.8 Å². The minimum atomic E-state index is -0.816. The Bertz CT molecular complexity index is 534. The molecule has 0 aliphatic carbocycles. The van der Waals surface area contributed by atoms with Crippen LogP contribution in [0.15, 0.2) is 0 Å². The van der Waals surface area contributed by atoms with Gasteiger partial charge in [-0.25, -0.2) is 4.98 Å². The zero-order chi connectivity index (χ0) is 14.9. The molecule has 1 N–H and O–H groups in total. The van der Waals surface area contributed by atoms with Crippen LogP contribution < -0.4 is 0 Å². The fourth-order valence-corrected chi connectivity index (χ4v) is 3.37. The van der Waals surface area contributed by atoms with Crippen molar-refractivity contribution in [1.29, 1.82) is 0 Å². The number of rotatable bonds is 4. The summed E-state index contributed by atoms with van der Waals surface area (Å²) in [5.41, 5.74) is 0.853. The van der Waals surface area contributed by atoms with E-state index in [1.165, 1.54) is 11.3 Å². The van der Waals surface area contributed by atoms with Gasteiger partial charge in [-0.05, 0) is 25.7 Å². The minimum absolute atomic E-state index is 0. The van der Waals surface area contributed by atoms with Gasteiger partial charge in [0, 0.05) is 13.1 Å². The molecule has 1 aromatic rings. The molecule has 0 saturated carbocycles. The highest BCUT2D eigenvalue weighted by Crippen LogP contribution is 2.25. The summed E-state index contributed by atoms with van der Waals surface area (Å²) in [7, 11) is 0. The number of hydrogen-bond donors (Lipinski definition) is 1. The van der Waals surface area contributed by atoms with Crippen LogP contribution in [0.2, 0.25) is 0 Å². The number of carboxylic acids is 1. The van der Waals surface area contributed by atoms with E-state index in [1.807, 2.05) is 6.92 Å². The number of carbonyl (C=O) groups is 2. The number of aliphatic carboxylic acids is 1. The molecule has 1 saturated heterocycles. The summed E-state index contributed by atoms with van der Waals surface area (Å²) in [6.45, 7) is 6.92. The van der Waals surface area contributed by atoms with Crippen molar-refractivity contribution in [2.24, 2.45) is 11.8 Å². The van der Waals surface area contributed by atoms with E-state index in [4.69, 9.17) is 5.11 Å². The third-order valence-corrected chi connectivity index (χ3v) is 4.43. The van der Waals surface area contributed by atoms with Crippen LogP contribution in [0.25, 0.3) is 0 Å². The van der Waals surface area contributed by atoms with E-state index < -0.39 is 11.9 Å². The second-order valence-corrected chi connectivity index (χ2v) is 6.88. The maximum Gasteiger partial charge on any atom is 0.308 e. The quantitative estimate of drug-likeness (QED) is 0.886. The van der Waals surface area contributed by atoms with Gasteiger partial charge < -0.3 is 10.0 Å². The van der Waals surface area contributed by atoms with E-state index >= 15 is 0 Å². The van der Waals surface area contributed by atoms with Crippen LogP contribution in [0, 0.1) is 18.8 Å². The summed E-state index contributed by atoms with van der Waals surface area (Å²) in [6, 6.07) is 0. The Hall–Kier alpha value is -0.850. The molecule has 1 unspecified atom stereocenters. The summed E-state index contributed by atoms with van der Waals surface area (Å²) < 4.78 is 0. The van der Waals surface area contributed by atoms with Gasteiger partial charge in [0.1, 0.15) is 4.88 Å². The molecule has 1 aliphatic rings. The Kier molecular flexibility index (Phi) is 8.36. The standard InChI is InChI=1S/C14H20N2O3S.2ClH/c1-8(2)6-11-12(20-9(3)15-11)13(17)16-5-4-10(7-16)14(18)19;;/h8,10H,4-7H2,1-3H3,(H,18,19);2*1H. The first-order valence-corrected chi connectivity index (χ1v) is 7.68. The number of aryl methyl sites for hydroxylation is 1. The molecule has 22 heavy (non-hydrogen) atoms. The summed E-state index contributed by atoms with van der Waals surface area (Å²) >= 11 is 1.41. The number of thiazole rings is 1. The summed E-state index contributed by atoms with van der Waals surface area (Å²) in [5, 5.41) is 9.90. The molecule has 126 valence electrons. The van der Waals surface area contributed by atoms with Gasteiger partial charge in [0.05, 0.1) is 16.6 Å². The van der Waals surface area contributed by atoms with Gasteiger partial charge in [0.15, 0.2) is 0 Å². The van der Waals surface area contributed by atoms with Crippen molar-refractivity contribution in [2.45, 2.75) is 33.6 Å². The van der Waals surface area contributed by atoms with Gasteiger partial charge in [-0.3, -0.25) is 9.59 Å². The van der Waals surface area contributed by atoms with Crippen molar-refractivity contribution in [2.75, 3.05) is 13.1 Å². The Morgan fingerprint density at radius 2 is 2.05 bits per heavy atom. The smallest absolute Gasteiger partial charge is 0.308 e. The molecule has 1 atom stereocenters. The second kappa shape index (κ2) is 8.70. The number of carboxylic acid groups (broad SMARTS) is 1. The minimum Gasteiger partial charge on any atom is -0.481 e. The van der Waals surface area contributed by atoms with Crippen molar-refractivity contribution in [3.63, 3.8) is 0 Å². The lowest BCUT2D eigenvalue weighted by molar-refractivity contribution is -0.141. The normalized spacial score (nSPS) is 17.1. The molecule has 0 spiro atoms. The van der Waals surface area contributed by atoms with Crippen LogP contribution >= 0.6 is 36.2 Å². The van der Waals surface area contributed by atoms with Gasteiger partial charge in [0.25, 0.3) is 5.91 Å². The lowest BCUT2D eigenvalue weighted by Crippen LogP contribution is -2.30. The van der Waals surface area contributed by atoms with Crippen LogP contribution in [-0.4, -0.2) is 40.0 Å². The number of halogens is 2. The van der Waals surface area contributed by atoms with Crippen LogP contribution in [0.5, 0.6) is 0 Å². The zero-order valence-electron chi connectivity index (χ0n) is 12.9. The Labute approximate surface area is 146 Å². The average molecular weight is 369 g/mol. The molecule has 0 bridgehead atoms. The number of likely N-dealkylation sites (tertiary alicyclic amines) is 1. The third kappa shape index (κ3) is 4.83. The van der Waals surface area contributed by atoms with Gasteiger partial charge in [-0.1, -0.05) is 13.8 Å². The summed E-state index contributed by atoms with van der Waals surface area (Å²) in [4.78, 5) is 30.3. The van der Waals surface area contributed by atoms with E-state index in [9.17, 15) is 9.59 Å². The number of hydrogen-bond acceptors (Lipinski definition) is 4. The SMILES string of the molecule is Cc1nc(CC(C)C)c(C(=O)N2CCC(C(=O)O)C2)s1.Cl.Cl. The first kappa shape index (κ1) is 21.1. The largest absolute Gasteiger partial charge is 0.481 e. The zero-order valence-corrected chi connectivity index (χ0v) is 15.3. The molecular weight excluding hydrogens is 347 g/mol. The van der Waals surface area contributed by atoms with Crippen molar-refractivity contribution in [3.05, 3.63) is 15.6 Å². The van der Waals surface area contributed by atoms with Crippen LogP contribution in [-0.2, 0) is 11.2 Å². The van der Waals surface area contributed by atoms with E-state index in [1.54, 1.807) is 4.90 Å². The molecule has 5 nitrogen and oxygen atoms in total. The number of amides is 1. The first-order valence-electron chi connectivity index (χ1n) is 6.87. The highest BCUT2D eigenvalue weighted by atomic mass is 35.5. The summed E-state index contributed by atoms with van der Waals surface area (Å²) in [5.74, 6) is -0.867. The van der Waals surface area contributed by atoms with Crippen molar-refractivity contribution >= 4 is 48.0 Å². The molecule has 1 aliphatic heterocycles. The van der Waals surface area contributed by atoms with Gasteiger partial charge in [-0.15, -0.1) is 36.2 Å². The van der Waals surface area contributed by atoms with Gasteiger partial charge in [-0.2, -0.15) is 0 Å². The third-order valence-electron chi connectivity index (χ3n) is 3.42. The van der Waals surface area contributed by atoms with E-state index in [-0.39, 0.29) is 30.7 Å². The fourth-order valence-electron chi connectivity index (χ4n) is 2.45. The maximum atomic E-state index is 12.5.